The Balaban J connectivity index is 1.57. The zero-order valence-corrected chi connectivity index (χ0v) is 11.7. The minimum atomic E-state index is 0.490. The number of hydrogen-bond acceptors (Lipinski definition) is 5. The highest BCUT2D eigenvalue weighted by molar-refractivity contribution is 5.47. The van der Waals surface area contributed by atoms with Gasteiger partial charge in [0, 0.05) is 42.9 Å². The lowest BCUT2D eigenvalue weighted by Gasteiger charge is -2.34. The fourth-order valence-corrected chi connectivity index (χ4v) is 2.59. The molecule has 0 radical (unpaired) electrons. The molecule has 1 aliphatic heterocycles. The van der Waals surface area contributed by atoms with E-state index in [2.05, 4.69) is 37.3 Å². The monoisotopic (exact) mass is 269 g/mol. The van der Waals surface area contributed by atoms with Gasteiger partial charge in [-0.15, -0.1) is 0 Å². The van der Waals surface area contributed by atoms with Gasteiger partial charge in [-0.1, -0.05) is 0 Å². The molecule has 3 rings (SSSR count). The van der Waals surface area contributed by atoms with Crippen molar-refractivity contribution in [3.63, 3.8) is 0 Å². The minimum Gasteiger partial charge on any atom is -0.371 e. The van der Waals surface area contributed by atoms with E-state index in [0.29, 0.717) is 6.04 Å². The summed E-state index contributed by atoms with van der Waals surface area (Å²) in [6.07, 6.45) is 7.47. The van der Waals surface area contributed by atoms with E-state index in [0.717, 1.165) is 37.4 Å². The first-order valence-electron chi connectivity index (χ1n) is 7.01. The Morgan fingerprint density at radius 2 is 2.00 bits per heavy atom. The van der Waals surface area contributed by atoms with Gasteiger partial charge in [0.15, 0.2) is 0 Å². The predicted molar refractivity (Wildman–Crippen MR) is 79.9 cm³/mol. The maximum Gasteiger partial charge on any atom is 0.129 e. The quantitative estimate of drug-likeness (QED) is 0.926. The number of anilines is 2. The molecule has 104 valence electrons. The summed E-state index contributed by atoms with van der Waals surface area (Å²) in [5, 5.41) is 3.47. The van der Waals surface area contributed by atoms with Gasteiger partial charge in [0.1, 0.15) is 12.1 Å². The third-order valence-electron chi connectivity index (χ3n) is 3.67. The summed E-state index contributed by atoms with van der Waals surface area (Å²) in [7, 11) is 0. The highest BCUT2D eigenvalue weighted by atomic mass is 15.2. The van der Waals surface area contributed by atoms with Crippen molar-refractivity contribution in [1.29, 1.82) is 0 Å². The molecule has 0 bridgehead atoms. The highest BCUT2D eigenvalue weighted by Gasteiger charge is 2.19. The molecule has 1 aliphatic rings. The molecule has 5 heteroatoms. The first kappa shape index (κ1) is 12.8. The molecule has 0 aliphatic carbocycles. The Hall–Kier alpha value is -2.17. The Labute approximate surface area is 119 Å². The van der Waals surface area contributed by atoms with Gasteiger partial charge in [0.05, 0.1) is 0 Å². The second-order valence-corrected chi connectivity index (χ2v) is 5.16. The van der Waals surface area contributed by atoms with E-state index in [1.165, 1.54) is 5.69 Å². The van der Waals surface area contributed by atoms with Crippen LogP contribution in [0, 0.1) is 6.92 Å². The third kappa shape index (κ3) is 3.04. The first-order valence-corrected chi connectivity index (χ1v) is 7.01. The second-order valence-electron chi connectivity index (χ2n) is 5.16. The standard InChI is InChI=1S/C15H19N5/c1-12-10-14(2-7-17-12)20-8-4-13(5-9-20)19-15-3-6-16-11-18-15/h2-3,6-7,10-11,13H,4-5,8-9H2,1H3,(H,16,18,19). The molecule has 1 fully saturated rings. The van der Waals surface area contributed by atoms with Crippen molar-refractivity contribution in [2.45, 2.75) is 25.8 Å². The van der Waals surface area contributed by atoms with Crippen molar-refractivity contribution >= 4 is 11.5 Å². The maximum absolute atomic E-state index is 4.25. The number of aromatic nitrogens is 3. The zero-order chi connectivity index (χ0) is 13.8. The lowest BCUT2D eigenvalue weighted by molar-refractivity contribution is 0.525. The van der Waals surface area contributed by atoms with Crippen molar-refractivity contribution in [2.75, 3.05) is 23.3 Å². The number of nitrogens with zero attached hydrogens (tertiary/aromatic N) is 4. The molecule has 2 aromatic rings. The fraction of sp³-hybridized carbons (Fsp3) is 0.400. The van der Waals surface area contributed by atoms with Gasteiger partial charge in [0.25, 0.3) is 0 Å². The Kier molecular flexibility index (Phi) is 3.76. The summed E-state index contributed by atoms with van der Waals surface area (Å²) in [5.41, 5.74) is 2.35. The second kappa shape index (κ2) is 5.86. The van der Waals surface area contributed by atoms with Crippen LogP contribution in [-0.2, 0) is 0 Å². The molecule has 0 spiro atoms. The van der Waals surface area contributed by atoms with Gasteiger partial charge in [-0.25, -0.2) is 9.97 Å². The fourth-order valence-electron chi connectivity index (χ4n) is 2.59. The Morgan fingerprint density at radius 3 is 2.70 bits per heavy atom. The first-order chi connectivity index (χ1) is 9.81. The summed E-state index contributed by atoms with van der Waals surface area (Å²) in [6, 6.07) is 6.64. The van der Waals surface area contributed by atoms with E-state index in [-0.39, 0.29) is 0 Å². The lowest BCUT2D eigenvalue weighted by atomic mass is 10.0. The van der Waals surface area contributed by atoms with Crippen molar-refractivity contribution in [2.24, 2.45) is 0 Å². The number of hydrogen-bond donors (Lipinski definition) is 1. The van der Waals surface area contributed by atoms with Gasteiger partial charge in [-0.3, -0.25) is 4.98 Å². The lowest BCUT2D eigenvalue weighted by Crippen LogP contribution is -2.39. The number of rotatable bonds is 3. The average molecular weight is 269 g/mol. The molecule has 3 heterocycles. The summed E-state index contributed by atoms with van der Waals surface area (Å²) in [4.78, 5) is 14.8. The molecule has 1 N–H and O–H groups in total. The van der Waals surface area contributed by atoms with E-state index >= 15 is 0 Å². The van der Waals surface area contributed by atoms with Crippen molar-refractivity contribution in [3.05, 3.63) is 42.6 Å². The van der Waals surface area contributed by atoms with Gasteiger partial charge >= 0.3 is 0 Å². The molecule has 0 aromatic carbocycles. The van der Waals surface area contributed by atoms with Crippen LogP contribution in [0.25, 0.3) is 0 Å². The highest BCUT2D eigenvalue weighted by Crippen LogP contribution is 2.21. The Morgan fingerprint density at radius 1 is 1.15 bits per heavy atom. The van der Waals surface area contributed by atoms with E-state index in [4.69, 9.17) is 0 Å². The molecule has 20 heavy (non-hydrogen) atoms. The average Bonchev–Trinajstić information content (AvgIpc) is 2.49. The third-order valence-corrected chi connectivity index (χ3v) is 3.67. The molecule has 1 saturated heterocycles. The number of nitrogens with one attached hydrogen (secondary N) is 1. The molecule has 0 saturated carbocycles. The van der Waals surface area contributed by atoms with Gasteiger partial charge in [-0.05, 0) is 38.0 Å². The Bertz CT molecular complexity index is 549. The maximum atomic E-state index is 4.25. The van der Waals surface area contributed by atoms with E-state index < -0.39 is 0 Å². The molecule has 2 aromatic heterocycles. The zero-order valence-electron chi connectivity index (χ0n) is 11.7. The van der Waals surface area contributed by atoms with Crippen LogP contribution in [0.5, 0.6) is 0 Å². The summed E-state index contributed by atoms with van der Waals surface area (Å²) < 4.78 is 0. The van der Waals surface area contributed by atoms with Crippen LogP contribution in [0.3, 0.4) is 0 Å². The molecule has 0 unspecified atom stereocenters. The van der Waals surface area contributed by atoms with Gasteiger partial charge in [-0.2, -0.15) is 0 Å². The van der Waals surface area contributed by atoms with Crippen LogP contribution in [0.2, 0.25) is 0 Å². The van der Waals surface area contributed by atoms with Crippen LogP contribution in [0.4, 0.5) is 11.5 Å². The number of piperidine rings is 1. The predicted octanol–water partition coefficient (Wildman–Crippen LogP) is 2.26. The molecule has 0 amide bonds. The van der Waals surface area contributed by atoms with Crippen LogP contribution < -0.4 is 10.2 Å². The van der Waals surface area contributed by atoms with Crippen molar-refractivity contribution in [1.82, 2.24) is 15.0 Å². The van der Waals surface area contributed by atoms with Crippen LogP contribution in [0.1, 0.15) is 18.5 Å². The molecular formula is C15H19N5. The van der Waals surface area contributed by atoms with Crippen LogP contribution >= 0.6 is 0 Å². The SMILES string of the molecule is Cc1cc(N2CCC(Nc3ccncn3)CC2)ccn1. The summed E-state index contributed by atoms with van der Waals surface area (Å²) in [6.45, 7) is 4.16. The number of aryl methyl sites for hydroxylation is 1. The van der Waals surface area contributed by atoms with Gasteiger partial charge in [0.2, 0.25) is 0 Å². The summed E-state index contributed by atoms with van der Waals surface area (Å²) >= 11 is 0. The van der Waals surface area contributed by atoms with E-state index in [9.17, 15) is 0 Å². The van der Waals surface area contributed by atoms with E-state index in [1.54, 1.807) is 12.5 Å². The normalized spacial score (nSPS) is 16.1. The van der Waals surface area contributed by atoms with Crippen molar-refractivity contribution in [3.8, 4) is 0 Å². The number of pyridine rings is 1. The van der Waals surface area contributed by atoms with E-state index in [1.807, 2.05) is 19.2 Å². The molecular weight excluding hydrogens is 250 g/mol. The molecule has 0 atom stereocenters. The van der Waals surface area contributed by atoms with Gasteiger partial charge < -0.3 is 10.2 Å². The topological polar surface area (TPSA) is 53.9 Å². The van der Waals surface area contributed by atoms with Crippen molar-refractivity contribution < 1.29 is 0 Å². The summed E-state index contributed by atoms with van der Waals surface area (Å²) in [5.74, 6) is 0.915. The van der Waals surface area contributed by atoms with Crippen LogP contribution in [0.15, 0.2) is 36.9 Å². The smallest absolute Gasteiger partial charge is 0.129 e. The minimum absolute atomic E-state index is 0.490. The molecule has 5 nitrogen and oxygen atoms in total. The largest absolute Gasteiger partial charge is 0.371 e. The van der Waals surface area contributed by atoms with Crippen LogP contribution in [-0.4, -0.2) is 34.1 Å².